The van der Waals surface area contributed by atoms with Gasteiger partial charge in [-0.2, -0.15) is 0 Å². The van der Waals surface area contributed by atoms with Gasteiger partial charge in [0.05, 0.1) is 5.02 Å². The topological polar surface area (TPSA) is 67.4 Å². The van der Waals surface area contributed by atoms with Crippen LogP contribution in [0.15, 0.2) is 54.7 Å². The third-order valence-electron chi connectivity index (χ3n) is 3.63. The van der Waals surface area contributed by atoms with Crippen LogP contribution in [0.4, 0.5) is 8.78 Å². The lowest BCUT2D eigenvalue weighted by Gasteiger charge is -2.10. The van der Waals surface area contributed by atoms with E-state index in [1.165, 1.54) is 24.3 Å². The minimum absolute atomic E-state index is 0.0390. The van der Waals surface area contributed by atoms with Crippen LogP contribution in [0.3, 0.4) is 0 Å². The lowest BCUT2D eigenvalue weighted by molar-refractivity contribution is -0.123. The number of ether oxygens (including phenoxy) is 1. The van der Waals surface area contributed by atoms with Gasteiger partial charge in [0.15, 0.2) is 6.61 Å². The minimum Gasteiger partial charge on any atom is -0.484 e. The first-order chi connectivity index (χ1) is 13.3. The van der Waals surface area contributed by atoms with Gasteiger partial charge in [-0.05, 0) is 36.2 Å². The average Bonchev–Trinajstić information content (AvgIpc) is 2.67. The molecule has 2 aromatic carbocycles. The third kappa shape index (κ3) is 7.36. The van der Waals surface area contributed by atoms with E-state index in [0.717, 1.165) is 11.6 Å². The molecule has 0 aliphatic rings. The number of rotatable bonds is 9. The number of benzene rings is 2. The molecule has 0 aliphatic carbocycles. The van der Waals surface area contributed by atoms with E-state index in [2.05, 4.69) is 17.2 Å². The largest absolute Gasteiger partial charge is 0.484 e. The molecule has 0 radical (unpaired) electrons. The molecule has 0 atom stereocenters. The summed E-state index contributed by atoms with van der Waals surface area (Å²) in [7, 11) is 0. The van der Waals surface area contributed by atoms with Gasteiger partial charge in [0.25, 0.3) is 5.91 Å². The van der Waals surface area contributed by atoms with Crippen LogP contribution in [0.1, 0.15) is 18.4 Å². The van der Waals surface area contributed by atoms with Crippen molar-refractivity contribution >= 4 is 23.4 Å². The molecule has 28 heavy (non-hydrogen) atoms. The van der Waals surface area contributed by atoms with Crippen molar-refractivity contribution in [2.45, 2.75) is 19.4 Å². The van der Waals surface area contributed by atoms with Crippen LogP contribution in [0.25, 0.3) is 0 Å². The Morgan fingerprint density at radius 2 is 1.75 bits per heavy atom. The molecule has 148 valence electrons. The fourth-order valence-corrected chi connectivity index (χ4v) is 2.28. The van der Waals surface area contributed by atoms with E-state index in [1.54, 1.807) is 12.1 Å². The summed E-state index contributed by atoms with van der Waals surface area (Å²) >= 11 is 5.57. The van der Waals surface area contributed by atoms with Crippen molar-refractivity contribution in [1.82, 2.24) is 10.6 Å². The Bertz CT molecular complexity index is 857. The summed E-state index contributed by atoms with van der Waals surface area (Å²) in [4.78, 5) is 23.6. The number of allylic oxidation sites excluding steroid dienone is 1. The van der Waals surface area contributed by atoms with Crippen molar-refractivity contribution in [3.63, 3.8) is 0 Å². The zero-order chi connectivity index (χ0) is 20.5. The molecule has 0 aromatic heterocycles. The fourth-order valence-electron chi connectivity index (χ4n) is 2.17. The highest BCUT2D eigenvalue weighted by molar-refractivity contribution is 6.30. The molecule has 8 heteroatoms. The van der Waals surface area contributed by atoms with E-state index < -0.39 is 11.7 Å². The van der Waals surface area contributed by atoms with Gasteiger partial charge < -0.3 is 15.4 Å². The Morgan fingerprint density at radius 1 is 1.04 bits per heavy atom. The summed E-state index contributed by atoms with van der Waals surface area (Å²) in [5, 5.41) is 5.17. The van der Waals surface area contributed by atoms with Crippen molar-refractivity contribution < 1.29 is 23.1 Å². The first-order valence-electron chi connectivity index (χ1n) is 8.40. The molecule has 2 rings (SSSR count). The maximum absolute atomic E-state index is 13.3. The van der Waals surface area contributed by atoms with Gasteiger partial charge >= 0.3 is 0 Å². The molecule has 0 aliphatic heterocycles. The Labute approximate surface area is 166 Å². The molecule has 0 saturated heterocycles. The van der Waals surface area contributed by atoms with E-state index in [4.69, 9.17) is 16.3 Å². The number of halogens is 3. The van der Waals surface area contributed by atoms with Crippen LogP contribution in [0.5, 0.6) is 5.75 Å². The first-order valence-corrected chi connectivity index (χ1v) is 8.78. The van der Waals surface area contributed by atoms with Crippen LogP contribution >= 0.6 is 11.6 Å². The van der Waals surface area contributed by atoms with E-state index in [-0.39, 0.29) is 48.5 Å². The van der Waals surface area contributed by atoms with Gasteiger partial charge in [0, 0.05) is 24.7 Å². The lowest BCUT2D eigenvalue weighted by Crippen LogP contribution is -2.29. The number of carbonyl (C=O) groups excluding carboxylic acids is 2. The minimum atomic E-state index is -0.643. The molecule has 2 aromatic rings. The predicted octanol–water partition coefficient (Wildman–Crippen LogP) is 3.72. The van der Waals surface area contributed by atoms with E-state index in [1.807, 2.05) is 0 Å². The summed E-state index contributed by atoms with van der Waals surface area (Å²) < 4.78 is 31.3. The van der Waals surface area contributed by atoms with Crippen molar-refractivity contribution in [2.75, 3.05) is 6.61 Å². The molecule has 2 N–H and O–H groups in total. The second-order valence-electron chi connectivity index (χ2n) is 5.92. The van der Waals surface area contributed by atoms with Gasteiger partial charge in [-0.1, -0.05) is 30.3 Å². The Balaban J connectivity index is 1.65. The molecule has 2 amide bonds. The van der Waals surface area contributed by atoms with Crippen LogP contribution < -0.4 is 15.4 Å². The highest BCUT2D eigenvalue weighted by Gasteiger charge is 2.08. The monoisotopic (exact) mass is 408 g/mol. The maximum atomic E-state index is 13.3. The zero-order valence-corrected chi connectivity index (χ0v) is 15.7. The molecule has 0 unspecified atom stereocenters. The second-order valence-corrected chi connectivity index (χ2v) is 6.33. The Hall–Kier alpha value is -2.93. The van der Waals surface area contributed by atoms with Crippen molar-refractivity contribution in [1.29, 1.82) is 0 Å². The van der Waals surface area contributed by atoms with E-state index in [9.17, 15) is 18.4 Å². The number of carbonyl (C=O) groups is 2. The number of hydrogen-bond acceptors (Lipinski definition) is 3. The van der Waals surface area contributed by atoms with Crippen molar-refractivity contribution in [2.24, 2.45) is 0 Å². The molecule has 5 nitrogen and oxygen atoms in total. The van der Waals surface area contributed by atoms with Gasteiger partial charge in [-0.25, -0.2) is 8.78 Å². The van der Waals surface area contributed by atoms with Gasteiger partial charge in [-0.3, -0.25) is 9.59 Å². The molecule has 0 bridgehead atoms. The predicted molar refractivity (Wildman–Crippen MR) is 102 cm³/mol. The Morgan fingerprint density at radius 3 is 2.43 bits per heavy atom. The first kappa shape index (κ1) is 21.4. The summed E-state index contributed by atoms with van der Waals surface area (Å²) in [5.74, 6) is -1.52. The molecule has 0 spiro atoms. The standard InChI is InChI=1S/C20H19ClF2N2O3/c1-13(2-9-19(26)24-11-14-3-5-15(22)6-4-14)25-20(27)12-28-16-7-8-17(21)18(23)10-16/h3-8,10H,1-2,9,11-12H2,(H,24,26)(H,25,27). The van der Waals surface area contributed by atoms with Gasteiger partial charge in [-0.15, -0.1) is 0 Å². The summed E-state index contributed by atoms with van der Waals surface area (Å²) in [6.45, 7) is 3.63. The number of nitrogens with one attached hydrogen (secondary N) is 2. The van der Waals surface area contributed by atoms with Crippen LogP contribution in [0, 0.1) is 11.6 Å². The smallest absolute Gasteiger partial charge is 0.262 e. The van der Waals surface area contributed by atoms with Crippen molar-refractivity contribution in [3.05, 3.63) is 77.0 Å². The van der Waals surface area contributed by atoms with Crippen molar-refractivity contribution in [3.8, 4) is 5.75 Å². The van der Waals surface area contributed by atoms with Gasteiger partial charge in [0.1, 0.15) is 17.4 Å². The summed E-state index contributed by atoms with van der Waals surface area (Å²) in [6.07, 6.45) is 0.375. The summed E-state index contributed by atoms with van der Waals surface area (Å²) in [5.41, 5.74) is 1.13. The summed E-state index contributed by atoms with van der Waals surface area (Å²) in [6, 6.07) is 9.66. The molecular formula is C20H19ClF2N2O3. The quantitative estimate of drug-likeness (QED) is 0.664. The van der Waals surface area contributed by atoms with E-state index in [0.29, 0.717) is 5.70 Å². The zero-order valence-electron chi connectivity index (χ0n) is 14.9. The highest BCUT2D eigenvalue weighted by atomic mass is 35.5. The van der Waals surface area contributed by atoms with Crippen LogP contribution in [0.2, 0.25) is 5.02 Å². The number of amides is 2. The molecular weight excluding hydrogens is 390 g/mol. The van der Waals surface area contributed by atoms with Crippen LogP contribution in [-0.2, 0) is 16.1 Å². The van der Waals surface area contributed by atoms with Gasteiger partial charge in [0.2, 0.25) is 5.91 Å². The maximum Gasteiger partial charge on any atom is 0.262 e. The van der Waals surface area contributed by atoms with Crippen LogP contribution in [-0.4, -0.2) is 18.4 Å². The highest BCUT2D eigenvalue weighted by Crippen LogP contribution is 2.20. The van der Waals surface area contributed by atoms with E-state index >= 15 is 0 Å². The Kier molecular flexibility index (Phi) is 7.95. The molecule has 0 heterocycles. The average molecular weight is 409 g/mol. The molecule has 0 saturated carbocycles. The SMILES string of the molecule is C=C(CCC(=O)NCc1ccc(F)cc1)NC(=O)COc1ccc(Cl)c(F)c1. The number of hydrogen-bond donors (Lipinski definition) is 2. The lowest BCUT2D eigenvalue weighted by atomic mass is 10.2. The fraction of sp³-hybridized carbons (Fsp3) is 0.200. The third-order valence-corrected chi connectivity index (χ3v) is 3.94. The second kappa shape index (κ2) is 10.4. The normalized spacial score (nSPS) is 10.2. The molecule has 0 fully saturated rings.